The van der Waals surface area contributed by atoms with Crippen molar-refractivity contribution in [3.05, 3.63) is 29.8 Å². The summed E-state index contributed by atoms with van der Waals surface area (Å²) < 4.78 is 5.22. The molecule has 10 heteroatoms. The molecule has 0 saturated heterocycles. The van der Waals surface area contributed by atoms with Crippen molar-refractivity contribution >= 4 is 23.6 Å². The monoisotopic (exact) mass is 442 g/mol. The molecule has 1 aromatic rings. The fraction of sp³-hybridized carbons (Fsp3) is 0.571. The van der Waals surface area contributed by atoms with E-state index in [9.17, 15) is 14.4 Å². The summed E-state index contributed by atoms with van der Waals surface area (Å²) in [5.41, 5.74) is 6.76. The molecule has 7 N–H and O–H groups in total. The summed E-state index contributed by atoms with van der Waals surface area (Å²) in [5.74, 6) is -3.84. The van der Waals surface area contributed by atoms with Crippen LogP contribution in [-0.2, 0) is 14.3 Å². The summed E-state index contributed by atoms with van der Waals surface area (Å²) >= 11 is 0. The maximum absolute atomic E-state index is 11.8. The Labute approximate surface area is 182 Å². The summed E-state index contributed by atoms with van der Waals surface area (Å²) in [6.45, 7) is 5.48. The quantitative estimate of drug-likeness (QED) is 0.148. The molecule has 0 amide bonds. The molecule has 10 nitrogen and oxygen atoms in total. The molecule has 0 heterocycles. The molecular weight excluding hydrogens is 408 g/mol. The number of anilines is 1. The Morgan fingerprint density at radius 3 is 2.03 bits per heavy atom. The van der Waals surface area contributed by atoms with E-state index in [0.29, 0.717) is 30.4 Å². The zero-order chi connectivity index (χ0) is 23.8. The first kappa shape index (κ1) is 28.3. The number of aliphatic hydroxyl groups excluding tert-OH is 2. The van der Waals surface area contributed by atoms with Crippen LogP contribution in [0, 0.1) is 0 Å². The van der Waals surface area contributed by atoms with Crippen LogP contribution >= 0.6 is 0 Å². The first-order valence-electron chi connectivity index (χ1n) is 10.2. The van der Waals surface area contributed by atoms with Crippen LogP contribution in [0.3, 0.4) is 0 Å². The molecule has 31 heavy (non-hydrogen) atoms. The zero-order valence-electron chi connectivity index (χ0n) is 18.0. The molecule has 0 bridgehead atoms. The number of nitrogens with one attached hydrogen (secondary N) is 1. The Kier molecular flexibility index (Phi) is 14.7. The number of carboxylic acid groups (broad SMARTS) is 2. The minimum absolute atomic E-state index is 0.299. The highest BCUT2D eigenvalue weighted by atomic mass is 16.5. The Balaban J connectivity index is 0.000000759. The average molecular weight is 443 g/mol. The van der Waals surface area contributed by atoms with E-state index in [1.54, 1.807) is 24.3 Å². The van der Waals surface area contributed by atoms with Crippen LogP contribution in [-0.4, -0.2) is 69.7 Å². The molecule has 3 unspecified atom stereocenters. The third-order valence-corrected chi connectivity index (χ3v) is 4.27. The fourth-order valence-electron chi connectivity index (χ4n) is 2.40. The first-order chi connectivity index (χ1) is 14.6. The van der Waals surface area contributed by atoms with E-state index in [-0.39, 0.29) is 5.97 Å². The predicted molar refractivity (Wildman–Crippen MR) is 115 cm³/mol. The molecule has 176 valence electrons. The van der Waals surface area contributed by atoms with Gasteiger partial charge in [0.05, 0.1) is 5.56 Å². The molecule has 0 aliphatic heterocycles. The van der Waals surface area contributed by atoms with Gasteiger partial charge in [0.25, 0.3) is 0 Å². The maximum atomic E-state index is 11.8. The van der Waals surface area contributed by atoms with E-state index in [0.717, 1.165) is 0 Å². The number of aliphatic hydroxyl groups is 2. The van der Waals surface area contributed by atoms with Crippen LogP contribution in [0.15, 0.2) is 24.3 Å². The SMILES string of the molecule is CCCCCCC(C)NCCOC(=O)c1ccc(N)cc1.O=C(O)C(O)C(O)C(=O)O. The normalized spacial score (nSPS) is 13.3. The highest BCUT2D eigenvalue weighted by Crippen LogP contribution is 2.07. The molecule has 0 fully saturated rings. The number of hydrogen-bond donors (Lipinski definition) is 6. The Hall–Kier alpha value is -2.69. The van der Waals surface area contributed by atoms with Crippen LogP contribution in [0.5, 0.6) is 0 Å². The van der Waals surface area contributed by atoms with E-state index in [1.807, 2.05) is 0 Å². The van der Waals surface area contributed by atoms with E-state index >= 15 is 0 Å². The number of nitrogen functional groups attached to an aromatic ring is 1. The van der Waals surface area contributed by atoms with Gasteiger partial charge in [0, 0.05) is 18.3 Å². The lowest BCUT2D eigenvalue weighted by Crippen LogP contribution is -2.39. The number of esters is 1. The van der Waals surface area contributed by atoms with Gasteiger partial charge in [0.1, 0.15) is 6.61 Å². The van der Waals surface area contributed by atoms with Crippen LogP contribution in [0.4, 0.5) is 5.69 Å². The van der Waals surface area contributed by atoms with Gasteiger partial charge >= 0.3 is 17.9 Å². The summed E-state index contributed by atoms with van der Waals surface area (Å²) in [4.78, 5) is 31.3. The fourth-order valence-corrected chi connectivity index (χ4v) is 2.40. The predicted octanol–water partition coefficient (Wildman–Crippen LogP) is 1.25. The maximum Gasteiger partial charge on any atom is 0.338 e. The van der Waals surface area contributed by atoms with Crippen molar-refractivity contribution in [1.82, 2.24) is 5.32 Å². The van der Waals surface area contributed by atoms with Crippen molar-refractivity contribution in [2.75, 3.05) is 18.9 Å². The van der Waals surface area contributed by atoms with Gasteiger partial charge in [-0.3, -0.25) is 0 Å². The van der Waals surface area contributed by atoms with Crippen molar-refractivity contribution in [2.24, 2.45) is 0 Å². The number of hydrogen-bond acceptors (Lipinski definition) is 8. The van der Waals surface area contributed by atoms with Crippen molar-refractivity contribution in [3.63, 3.8) is 0 Å². The van der Waals surface area contributed by atoms with Crippen molar-refractivity contribution in [1.29, 1.82) is 0 Å². The smallest absolute Gasteiger partial charge is 0.338 e. The Morgan fingerprint density at radius 2 is 1.55 bits per heavy atom. The molecule has 0 aromatic heterocycles. The van der Waals surface area contributed by atoms with Gasteiger partial charge < -0.3 is 36.2 Å². The molecule has 3 atom stereocenters. The lowest BCUT2D eigenvalue weighted by molar-refractivity contribution is -0.165. The molecule has 0 spiro atoms. The minimum atomic E-state index is -2.27. The molecule has 0 aliphatic rings. The number of aliphatic carboxylic acids is 2. The standard InChI is InChI=1S/C17H28N2O2.C4H6O6/c1-3-4-5-6-7-14(2)19-12-13-21-17(20)15-8-10-16(18)11-9-15;5-1(3(7)8)2(6)4(9)10/h8-11,14,19H,3-7,12-13,18H2,1-2H3;1-2,5-6H,(H,7,8)(H,9,10). The number of ether oxygens (including phenoxy) is 1. The van der Waals surface area contributed by atoms with Gasteiger partial charge in [0.2, 0.25) is 0 Å². The number of nitrogens with two attached hydrogens (primary N) is 1. The zero-order valence-corrected chi connectivity index (χ0v) is 18.0. The second kappa shape index (κ2) is 16.1. The highest BCUT2D eigenvalue weighted by Gasteiger charge is 2.29. The van der Waals surface area contributed by atoms with Gasteiger partial charge in [-0.1, -0.05) is 32.6 Å². The van der Waals surface area contributed by atoms with Crippen LogP contribution < -0.4 is 11.1 Å². The minimum Gasteiger partial charge on any atom is -0.479 e. The van der Waals surface area contributed by atoms with Crippen molar-refractivity contribution < 1.29 is 39.5 Å². The first-order valence-corrected chi connectivity index (χ1v) is 10.2. The van der Waals surface area contributed by atoms with Crippen LogP contribution in [0.2, 0.25) is 0 Å². The van der Waals surface area contributed by atoms with E-state index in [1.165, 1.54) is 32.1 Å². The van der Waals surface area contributed by atoms with Gasteiger partial charge in [-0.25, -0.2) is 14.4 Å². The van der Waals surface area contributed by atoms with Crippen molar-refractivity contribution in [3.8, 4) is 0 Å². The van der Waals surface area contributed by atoms with Gasteiger partial charge in [-0.15, -0.1) is 0 Å². The number of carbonyl (C=O) groups is 3. The van der Waals surface area contributed by atoms with Gasteiger partial charge in [0.15, 0.2) is 12.2 Å². The number of carboxylic acids is 2. The second-order valence-electron chi connectivity index (χ2n) is 7.03. The lowest BCUT2D eigenvalue weighted by Gasteiger charge is -2.13. The largest absolute Gasteiger partial charge is 0.479 e. The summed E-state index contributed by atoms with van der Waals surface area (Å²) in [7, 11) is 0. The topological polar surface area (TPSA) is 179 Å². The lowest BCUT2D eigenvalue weighted by atomic mass is 10.1. The molecule has 0 radical (unpaired) electrons. The molecule has 1 rings (SSSR count). The van der Waals surface area contributed by atoms with Crippen LogP contribution in [0.1, 0.15) is 56.3 Å². The summed E-state index contributed by atoms with van der Waals surface area (Å²) in [5, 5.41) is 35.9. The molecule has 0 saturated carbocycles. The Bertz CT molecular complexity index is 648. The van der Waals surface area contributed by atoms with E-state index in [2.05, 4.69) is 19.2 Å². The van der Waals surface area contributed by atoms with Gasteiger partial charge in [-0.2, -0.15) is 0 Å². The second-order valence-corrected chi connectivity index (χ2v) is 7.03. The molecular formula is C21H34N2O8. The number of rotatable bonds is 13. The van der Waals surface area contributed by atoms with Crippen LogP contribution in [0.25, 0.3) is 0 Å². The summed E-state index contributed by atoms with van der Waals surface area (Å²) in [6.07, 6.45) is 1.78. The average Bonchev–Trinajstić information content (AvgIpc) is 2.73. The molecule has 0 aliphatic carbocycles. The number of unbranched alkanes of at least 4 members (excludes halogenated alkanes) is 3. The Morgan fingerprint density at radius 1 is 1.00 bits per heavy atom. The third kappa shape index (κ3) is 13.3. The van der Waals surface area contributed by atoms with Gasteiger partial charge in [-0.05, 0) is 37.6 Å². The third-order valence-electron chi connectivity index (χ3n) is 4.27. The van der Waals surface area contributed by atoms with E-state index in [4.69, 9.17) is 30.9 Å². The highest BCUT2D eigenvalue weighted by molar-refractivity contribution is 5.89. The number of carbonyl (C=O) groups excluding carboxylic acids is 1. The van der Waals surface area contributed by atoms with E-state index < -0.39 is 24.1 Å². The van der Waals surface area contributed by atoms with Crippen molar-refractivity contribution in [2.45, 2.75) is 64.2 Å². The molecule has 1 aromatic carbocycles. The number of benzene rings is 1. The summed E-state index contributed by atoms with van der Waals surface area (Å²) in [6, 6.07) is 7.24.